The van der Waals surface area contributed by atoms with Gasteiger partial charge in [0.2, 0.25) is 0 Å². The van der Waals surface area contributed by atoms with Crippen molar-refractivity contribution in [1.82, 2.24) is 10.2 Å². The summed E-state index contributed by atoms with van der Waals surface area (Å²) >= 11 is 0. The van der Waals surface area contributed by atoms with Gasteiger partial charge in [-0.25, -0.2) is 4.79 Å². The molecule has 0 aliphatic carbocycles. The van der Waals surface area contributed by atoms with Crippen LogP contribution in [0, 0.1) is 0 Å². The fourth-order valence-electron chi connectivity index (χ4n) is 4.37. The first-order valence-corrected chi connectivity index (χ1v) is 12.8. The number of rotatable bonds is 17. The molecule has 1 aliphatic rings. The van der Waals surface area contributed by atoms with Crippen molar-refractivity contribution >= 4 is 6.03 Å². The quantitative estimate of drug-likeness (QED) is 0.250. The Kier molecular flexibility index (Phi) is 16.5. The van der Waals surface area contributed by atoms with Gasteiger partial charge in [-0.15, -0.1) is 0 Å². The van der Waals surface area contributed by atoms with Crippen molar-refractivity contribution < 1.29 is 4.79 Å². The number of nitrogens with one attached hydrogen (secondary N) is 1. The molecule has 0 unspecified atom stereocenters. The Labute approximate surface area is 176 Å². The number of unbranched alkanes of at least 4 members (excludes halogenated alkanes) is 15. The Balaban J connectivity index is 1.76. The Bertz CT molecular complexity index is 358. The Morgan fingerprint density at radius 1 is 0.750 bits per heavy atom. The molecule has 28 heavy (non-hydrogen) atoms. The molecule has 0 radical (unpaired) electrons. The van der Waals surface area contributed by atoms with Crippen molar-refractivity contribution in [3.8, 4) is 0 Å². The summed E-state index contributed by atoms with van der Waals surface area (Å²) < 4.78 is 0. The van der Waals surface area contributed by atoms with Gasteiger partial charge < -0.3 is 10.2 Å². The van der Waals surface area contributed by atoms with Crippen LogP contribution in [0.5, 0.6) is 0 Å². The number of hydrogen-bond acceptors (Lipinski definition) is 1. The fraction of sp³-hybridized carbons (Fsp3) is 0.960. The van der Waals surface area contributed by atoms with Crippen LogP contribution in [-0.2, 0) is 0 Å². The van der Waals surface area contributed by atoms with Crippen LogP contribution >= 0.6 is 0 Å². The highest BCUT2D eigenvalue weighted by molar-refractivity contribution is 5.74. The summed E-state index contributed by atoms with van der Waals surface area (Å²) in [7, 11) is 0. The van der Waals surface area contributed by atoms with Crippen LogP contribution in [0.25, 0.3) is 0 Å². The molecule has 1 rings (SSSR count). The van der Waals surface area contributed by atoms with Crippen LogP contribution in [0.4, 0.5) is 4.79 Å². The smallest absolute Gasteiger partial charge is 0.317 e. The highest BCUT2D eigenvalue weighted by Crippen LogP contribution is 2.16. The molecular formula is C25H50N2O. The molecule has 166 valence electrons. The van der Waals surface area contributed by atoms with E-state index < -0.39 is 0 Å². The minimum absolute atomic E-state index is 0.160. The number of hydrogen-bond donors (Lipinski definition) is 1. The van der Waals surface area contributed by atoms with E-state index in [4.69, 9.17) is 0 Å². The van der Waals surface area contributed by atoms with Crippen molar-refractivity contribution in [3.05, 3.63) is 0 Å². The van der Waals surface area contributed by atoms with Crippen molar-refractivity contribution in [2.75, 3.05) is 13.1 Å². The predicted molar refractivity (Wildman–Crippen MR) is 123 cm³/mol. The van der Waals surface area contributed by atoms with E-state index in [0.717, 1.165) is 32.4 Å². The number of carbonyl (C=O) groups is 1. The third-order valence-electron chi connectivity index (χ3n) is 6.37. The molecule has 1 heterocycles. The van der Waals surface area contributed by atoms with Crippen LogP contribution < -0.4 is 5.32 Å². The maximum Gasteiger partial charge on any atom is 0.317 e. The second-order valence-corrected chi connectivity index (χ2v) is 9.07. The maximum atomic E-state index is 12.2. The monoisotopic (exact) mass is 394 g/mol. The van der Waals surface area contributed by atoms with E-state index >= 15 is 0 Å². The Morgan fingerprint density at radius 2 is 1.21 bits per heavy atom. The molecule has 0 saturated carbocycles. The van der Waals surface area contributed by atoms with Gasteiger partial charge in [0, 0.05) is 19.1 Å². The summed E-state index contributed by atoms with van der Waals surface area (Å²) in [5.74, 6) is 0. The van der Waals surface area contributed by atoms with E-state index in [1.54, 1.807) is 0 Å². The topological polar surface area (TPSA) is 32.3 Å². The lowest BCUT2D eigenvalue weighted by molar-refractivity contribution is 0.158. The molecule has 0 bridgehead atoms. The lowest BCUT2D eigenvalue weighted by atomic mass is 10.0. The number of carbonyl (C=O) groups excluding carboxylic acids is 1. The van der Waals surface area contributed by atoms with E-state index in [9.17, 15) is 4.79 Å². The number of urea groups is 1. The lowest BCUT2D eigenvalue weighted by Gasteiger charge is -2.33. The van der Waals surface area contributed by atoms with Crippen molar-refractivity contribution in [2.24, 2.45) is 0 Å². The molecule has 1 atom stereocenters. The highest BCUT2D eigenvalue weighted by atomic mass is 16.2. The second-order valence-electron chi connectivity index (χ2n) is 9.07. The van der Waals surface area contributed by atoms with Gasteiger partial charge in [0.05, 0.1) is 0 Å². The minimum atomic E-state index is 0.160. The average molecular weight is 395 g/mol. The van der Waals surface area contributed by atoms with Crippen molar-refractivity contribution in [2.45, 2.75) is 142 Å². The highest BCUT2D eigenvalue weighted by Gasteiger charge is 2.22. The molecule has 3 heteroatoms. The van der Waals surface area contributed by atoms with Gasteiger partial charge in [0.1, 0.15) is 0 Å². The number of nitrogens with zero attached hydrogens (tertiary/aromatic N) is 1. The number of piperidine rings is 1. The summed E-state index contributed by atoms with van der Waals surface area (Å²) in [5, 5.41) is 3.12. The second kappa shape index (κ2) is 18.3. The average Bonchev–Trinajstić information content (AvgIpc) is 2.70. The van der Waals surface area contributed by atoms with E-state index in [2.05, 4.69) is 19.2 Å². The van der Waals surface area contributed by atoms with Gasteiger partial charge in [0.15, 0.2) is 0 Å². The van der Waals surface area contributed by atoms with Gasteiger partial charge in [-0.2, -0.15) is 0 Å². The third kappa shape index (κ3) is 13.4. The summed E-state index contributed by atoms with van der Waals surface area (Å²) in [4.78, 5) is 14.2. The Hall–Kier alpha value is -0.730. The minimum Gasteiger partial charge on any atom is -0.338 e. The fourth-order valence-corrected chi connectivity index (χ4v) is 4.37. The zero-order valence-corrected chi connectivity index (χ0v) is 19.3. The molecule has 1 aliphatic heterocycles. The zero-order valence-electron chi connectivity index (χ0n) is 19.3. The molecule has 0 aromatic carbocycles. The number of likely N-dealkylation sites (tertiary alicyclic amines) is 1. The summed E-state index contributed by atoms with van der Waals surface area (Å²) in [5.41, 5.74) is 0. The van der Waals surface area contributed by atoms with E-state index in [-0.39, 0.29) is 6.03 Å². The van der Waals surface area contributed by atoms with Crippen LogP contribution in [0.1, 0.15) is 136 Å². The summed E-state index contributed by atoms with van der Waals surface area (Å²) in [6.45, 7) is 6.25. The van der Waals surface area contributed by atoms with Gasteiger partial charge in [-0.05, 0) is 32.6 Å². The first kappa shape index (κ1) is 25.3. The lowest BCUT2D eigenvalue weighted by Crippen LogP contribution is -2.47. The molecule has 2 amide bonds. The normalized spacial score (nSPS) is 17.1. The number of amides is 2. The maximum absolute atomic E-state index is 12.2. The van der Waals surface area contributed by atoms with Gasteiger partial charge in [-0.1, -0.05) is 103 Å². The van der Waals surface area contributed by atoms with Crippen LogP contribution in [0.2, 0.25) is 0 Å². The molecule has 1 N–H and O–H groups in total. The molecule has 1 saturated heterocycles. The molecular weight excluding hydrogens is 344 g/mol. The van der Waals surface area contributed by atoms with E-state index in [1.165, 1.54) is 103 Å². The van der Waals surface area contributed by atoms with Crippen LogP contribution in [-0.4, -0.2) is 30.1 Å². The van der Waals surface area contributed by atoms with E-state index in [0.29, 0.717) is 6.04 Å². The van der Waals surface area contributed by atoms with Crippen LogP contribution in [0.15, 0.2) is 0 Å². The first-order valence-electron chi connectivity index (χ1n) is 12.8. The third-order valence-corrected chi connectivity index (χ3v) is 6.37. The summed E-state index contributed by atoms with van der Waals surface area (Å²) in [6, 6.07) is 0.577. The molecule has 1 fully saturated rings. The van der Waals surface area contributed by atoms with E-state index in [1.807, 2.05) is 4.90 Å². The molecule has 0 aromatic rings. The van der Waals surface area contributed by atoms with Gasteiger partial charge >= 0.3 is 6.03 Å². The van der Waals surface area contributed by atoms with Crippen molar-refractivity contribution in [1.29, 1.82) is 0 Å². The summed E-state index contributed by atoms with van der Waals surface area (Å²) in [6.07, 6.45) is 25.8. The first-order chi connectivity index (χ1) is 13.8. The SMILES string of the molecule is CCCCCCCCCCCCCCCCCCNC(=O)N1CCCC[C@H]1C. The van der Waals surface area contributed by atoms with Gasteiger partial charge in [0.25, 0.3) is 0 Å². The Morgan fingerprint density at radius 3 is 1.68 bits per heavy atom. The molecule has 0 aromatic heterocycles. The van der Waals surface area contributed by atoms with Gasteiger partial charge in [-0.3, -0.25) is 0 Å². The largest absolute Gasteiger partial charge is 0.338 e. The van der Waals surface area contributed by atoms with Crippen molar-refractivity contribution in [3.63, 3.8) is 0 Å². The molecule has 0 spiro atoms. The molecule has 3 nitrogen and oxygen atoms in total. The van der Waals surface area contributed by atoms with Crippen LogP contribution in [0.3, 0.4) is 0 Å². The standard InChI is InChI=1S/C25H50N2O/c1-3-4-5-6-7-8-9-10-11-12-13-14-15-16-17-19-22-26-25(28)27-23-20-18-21-24(27)2/h24H,3-23H2,1-2H3,(H,26,28)/t24-/m1/s1. The zero-order chi connectivity index (χ0) is 20.3. The predicted octanol–water partition coefficient (Wildman–Crippen LogP) is 7.83.